The molecule has 5 aromatic rings. The number of fused-ring (bicyclic) bond motifs is 5. The van der Waals surface area contributed by atoms with Crippen molar-refractivity contribution in [1.82, 2.24) is 14.5 Å². The smallest absolute Gasteiger partial charge is 0.343 e. The van der Waals surface area contributed by atoms with Crippen LogP contribution < -0.4 is 5.56 Å². The van der Waals surface area contributed by atoms with E-state index in [2.05, 4.69) is 4.98 Å². The number of carbonyl (C=O) groups is 1. The van der Waals surface area contributed by atoms with Crippen molar-refractivity contribution in [3.05, 3.63) is 111 Å². The maximum Gasteiger partial charge on any atom is 0.343 e. The second kappa shape index (κ2) is 8.34. The van der Waals surface area contributed by atoms with E-state index in [0.717, 1.165) is 33.3 Å². The summed E-state index contributed by atoms with van der Waals surface area (Å²) in [6.07, 6.45) is 1.94. The van der Waals surface area contributed by atoms with Crippen LogP contribution in [0.3, 0.4) is 0 Å². The number of aromatic nitrogens is 3. The number of aromatic amines is 1. The fourth-order valence-electron chi connectivity index (χ4n) is 5.79. The number of H-pyrrole nitrogens is 1. The van der Waals surface area contributed by atoms with Crippen LogP contribution in [0.15, 0.2) is 77.7 Å². The van der Waals surface area contributed by atoms with Gasteiger partial charge in [0.1, 0.15) is 6.61 Å². The summed E-state index contributed by atoms with van der Waals surface area (Å²) in [6.45, 7) is 1.81. The number of aliphatic hydroxyl groups is 1. The molecule has 3 N–H and O–H groups in total. The number of benzene rings is 2. The molecule has 0 spiro atoms. The largest absolute Gasteiger partial charge is 0.458 e. The third-order valence-electron chi connectivity index (χ3n) is 7.89. The Morgan fingerprint density at radius 2 is 1.95 bits per heavy atom. The van der Waals surface area contributed by atoms with Crippen molar-refractivity contribution < 1.29 is 14.6 Å². The van der Waals surface area contributed by atoms with Gasteiger partial charge in [-0.05, 0) is 36.8 Å². The zero-order valence-corrected chi connectivity index (χ0v) is 21.1. The molecule has 8 heteroatoms. The lowest BCUT2D eigenvalue weighted by Gasteiger charge is -2.31. The molecule has 0 aliphatic carbocycles. The third-order valence-corrected chi connectivity index (χ3v) is 7.89. The van der Waals surface area contributed by atoms with Gasteiger partial charge in [0.25, 0.3) is 5.56 Å². The summed E-state index contributed by atoms with van der Waals surface area (Å²) in [6, 6.07) is 21.1. The number of esters is 1. The van der Waals surface area contributed by atoms with Crippen molar-refractivity contribution in [1.29, 1.82) is 5.41 Å². The zero-order chi connectivity index (χ0) is 26.9. The Morgan fingerprint density at radius 3 is 2.69 bits per heavy atom. The summed E-state index contributed by atoms with van der Waals surface area (Å²) in [4.78, 5) is 34.2. The molecular weight excluding hydrogens is 492 g/mol. The van der Waals surface area contributed by atoms with E-state index in [9.17, 15) is 20.1 Å². The summed E-state index contributed by atoms with van der Waals surface area (Å²) in [7, 11) is 0. The molecule has 8 nitrogen and oxygen atoms in total. The van der Waals surface area contributed by atoms with Gasteiger partial charge in [0.05, 0.1) is 34.7 Å². The summed E-state index contributed by atoms with van der Waals surface area (Å²) in [5.74, 6) is -0.743. The minimum absolute atomic E-state index is 0.0895. The molecule has 192 valence electrons. The summed E-state index contributed by atoms with van der Waals surface area (Å²) in [5, 5.41) is 21.1. The average molecular weight is 517 g/mol. The molecule has 0 saturated heterocycles. The lowest BCUT2D eigenvalue weighted by atomic mass is 9.86. The van der Waals surface area contributed by atoms with E-state index in [-0.39, 0.29) is 18.6 Å². The number of rotatable bonds is 4. The van der Waals surface area contributed by atoms with Crippen molar-refractivity contribution in [3.63, 3.8) is 0 Å². The van der Waals surface area contributed by atoms with Gasteiger partial charge in [-0.1, -0.05) is 43.3 Å². The third kappa shape index (κ3) is 3.28. The van der Waals surface area contributed by atoms with Crippen LogP contribution in [0.25, 0.3) is 33.5 Å². The molecule has 7 rings (SSSR count). The molecular formula is C31H24N4O4. The molecule has 0 bridgehead atoms. The highest BCUT2D eigenvalue weighted by Crippen LogP contribution is 2.40. The molecule has 3 aromatic heterocycles. The molecule has 0 radical (unpaired) electrons. The Kier molecular flexibility index (Phi) is 4.99. The van der Waals surface area contributed by atoms with E-state index in [1.807, 2.05) is 66.9 Å². The highest BCUT2D eigenvalue weighted by atomic mass is 16.6. The van der Waals surface area contributed by atoms with E-state index in [0.29, 0.717) is 40.3 Å². The monoisotopic (exact) mass is 516 g/mol. The summed E-state index contributed by atoms with van der Waals surface area (Å²) < 4.78 is 6.80. The Labute approximate surface area is 223 Å². The van der Waals surface area contributed by atoms with Crippen molar-refractivity contribution >= 4 is 22.6 Å². The fraction of sp³-hybridized carbons (Fsp3) is 0.161. The van der Waals surface area contributed by atoms with E-state index < -0.39 is 11.6 Å². The van der Waals surface area contributed by atoms with Crippen LogP contribution in [0.5, 0.6) is 0 Å². The molecule has 5 heterocycles. The highest BCUT2D eigenvalue weighted by molar-refractivity contribution is 6.21. The van der Waals surface area contributed by atoms with Gasteiger partial charge in [-0.15, -0.1) is 0 Å². The number of ether oxygens (including phenoxy) is 1. The maximum atomic E-state index is 13.5. The lowest BCUT2D eigenvalue weighted by molar-refractivity contribution is -0.172. The molecule has 0 saturated carbocycles. The van der Waals surface area contributed by atoms with Crippen molar-refractivity contribution in [2.24, 2.45) is 0 Å². The van der Waals surface area contributed by atoms with Gasteiger partial charge in [-0.3, -0.25) is 10.2 Å². The van der Waals surface area contributed by atoms with Gasteiger partial charge in [-0.2, -0.15) is 0 Å². The Morgan fingerprint density at radius 1 is 1.13 bits per heavy atom. The second-order valence-electron chi connectivity index (χ2n) is 9.98. The topological polar surface area (TPSA) is 121 Å². The van der Waals surface area contributed by atoms with Crippen LogP contribution in [0.2, 0.25) is 0 Å². The molecule has 2 aromatic carbocycles. The fourth-order valence-corrected chi connectivity index (χ4v) is 5.79. The Bertz CT molecular complexity index is 1890. The number of carbonyl (C=O) groups excluding carboxylic acids is 1. The first kappa shape index (κ1) is 23.3. The van der Waals surface area contributed by atoms with Crippen LogP contribution in [-0.4, -0.2) is 31.3 Å². The average Bonchev–Trinajstić information content (AvgIpc) is 3.62. The first-order chi connectivity index (χ1) is 18.9. The van der Waals surface area contributed by atoms with Crippen molar-refractivity contribution in [3.8, 4) is 22.6 Å². The molecule has 39 heavy (non-hydrogen) atoms. The first-order valence-electron chi connectivity index (χ1n) is 12.8. The van der Waals surface area contributed by atoms with Crippen LogP contribution >= 0.6 is 0 Å². The van der Waals surface area contributed by atoms with Gasteiger partial charge in [-0.25, -0.2) is 9.78 Å². The minimum atomic E-state index is -1.87. The number of nitrogens with zero attached hydrogens (tertiary/aromatic N) is 2. The number of hydrogen-bond acceptors (Lipinski definition) is 6. The van der Waals surface area contributed by atoms with E-state index >= 15 is 0 Å². The summed E-state index contributed by atoms with van der Waals surface area (Å²) in [5.41, 5.74) is 4.81. The zero-order valence-electron chi connectivity index (χ0n) is 21.1. The SMILES string of the molecule is CC[C@@]1(O)C(=O)OCc2c1cc1n(c2=O)Cc2cc3c(C(=N)c4ccccc4)c(-c4ccc[nH]4)ccc3nc2-1. The minimum Gasteiger partial charge on any atom is -0.458 e. The number of cyclic esters (lactones) is 1. The number of pyridine rings is 2. The predicted molar refractivity (Wildman–Crippen MR) is 147 cm³/mol. The highest BCUT2D eigenvalue weighted by Gasteiger charge is 2.45. The number of nitrogens with one attached hydrogen (secondary N) is 2. The molecule has 2 aliphatic rings. The first-order valence-corrected chi connectivity index (χ1v) is 12.8. The predicted octanol–water partition coefficient (Wildman–Crippen LogP) is 4.49. The lowest BCUT2D eigenvalue weighted by Crippen LogP contribution is -2.44. The maximum absolute atomic E-state index is 13.5. The summed E-state index contributed by atoms with van der Waals surface area (Å²) >= 11 is 0. The molecule has 0 fully saturated rings. The Balaban J connectivity index is 1.47. The quantitative estimate of drug-likeness (QED) is 0.236. The van der Waals surface area contributed by atoms with E-state index in [1.54, 1.807) is 17.6 Å². The van der Waals surface area contributed by atoms with E-state index in [4.69, 9.17) is 9.72 Å². The van der Waals surface area contributed by atoms with Gasteiger partial charge >= 0.3 is 5.97 Å². The van der Waals surface area contributed by atoms with Gasteiger partial charge in [0, 0.05) is 45.1 Å². The van der Waals surface area contributed by atoms with Crippen molar-refractivity contribution in [2.75, 3.05) is 0 Å². The number of hydrogen-bond donors (Lipinski definition) is 3. The molecule has 0 amide bonds. The van der Waals surface area contributed by atoms with Crippen molar-refractivity contribution in [2.45, 2.75) is 32.1 Å². The van der Waals surface area contributed by atoms with Crippen LogP contribution in [-0.2, 0) is 28.3 Å². The van der Waals surface area contributed by atoms with Crippen LogP contribution in [0.1, 0.15) is 41.2 Å². The van der Waals surface area contributed by atoms with Crippen LogP contribution in [0.4, 0.5) is 0 Å². The molecule has 2 aliphatic heterocycles. The standard InChI is InChI=1S/C31H24N4O4/c1-2-31(38)22-14-25-28-18(15-35(25)29(36)21(22)16-39-30(31)37)13-20-24(34-28)11-10-19(23-9-6-12-33-23)26(20)27(32)17-7-4-3-5-8-17/h3-14,32-33,38H,2,15-16H2,1H3/t31-/m0/s1. The van der Waals surface area contributed by atoms with Crippen LogP contribution in [0, 0.1) is 5.41 Å². The van der Waals surface area contributed by atoms with Gasteiger partial charge in [0.15, 0.2) is 5.60 Å². The van der Waals surface area contributed by atoms with E-state index in [1.165, 1.54) is 0 Å². The van der Waals surface area contributed by atoms with Gasteiger partial charge < -0.3 is 19.4 Å². The Hall–Kier alpha value is -4.82. The van der Waals surface area contributed by atoms with Gasteiger partial charge in [0.2, 0.25) is 0 Å². The molecule has 1 atom stereocenters. The molecule has 0 unspecified atom stereocenters. The second-order valence-corrected chi connectivity index (χ2v) is 9.98. The normalized spacial score (nSPS) is 17.4.